The van der Waals surface area contributed by atoms with E-state index in [1.165, 1.54) is 0 Å². The summed E-state index contributed by atoms with van der Waals surface area (Å²) < 4.78 is 12.6. The van der Waals surface area contributed by atoms with Gasteiger partial charge in [-0.15, -0.1) is 17.0 Å². The summed E-state index contributed by atoms with van der Waals surface area (Å²) >= 11 is -0.483. The highest BCUT2D eigenvalue weighted by molar-refractivity contribution is 8.93. The van der Waals surface area contributed by atoms with Crippen molar-refractivity contribution < 1.29 is 8.83 Å². The first-order valence-electron chi connectivity index (χ1n) is 3.50. The van der Waals surface area contributed by atoms with E-state index in [1.54, 1.807) is 12.5 Å². The van der Waals surface area contributed by atoms with Gasteiger partial charge in [-0.05, 0) is 19.9 Å². The highest BCUT2D eigenvalue weighted by Crippen LogP contribution is 1.84. The van der Waals surface area contributed by atoms with E-state index in [2.05, 4.69) is 0 Å². The molecule has 0 atom stereocenters. The molecule has 0 saturated carbocycles. The van der Waals surface area contributed by atoms with Gasteiger partial charge in [0.25, 0.3) is 0 Å². The third-order valence-electron chi connectivity index (χ3n) is 1.51. The summed E-state index contributed by atoms with van der Waals surface area (Å²) in [6.07, 6.45) is 3.40. The van der Waals surface area contributed by atoms with Crippen LogP contribution in [0.3, 0.4) is 0 Å². The van der Waals surface area contributed by atoms with Crippen LogP contribution in [0, 0.1) is 0 Å². The van der Waals surface area contributed by atoms with Gasteiger partial charge >= 0.3 is 20.4 Å². The van der Waals surface area contributed by atoms with Gasteiger partial charge in [0.15, 0.2) is 0 Å². The molecule has 2 nitrogen and oxygen atoms in total. The summed E-state index contributed by atoms with van der Waals surface area (Å²) in [5, 5.41) is 0. The summed E-state index contributed by atoms with van der Waals surface area (Å²) in [6.45, 7) is 0. The van der Waals surface area contributed by atoms with Crippen molar-refractivity contribution in [3.05, 3.63) is 36.8 Å². The van der Waals surface area contributed by atoms with E-state index in [9.17, 15) is 0 Å². The van der Waals surface area contributed by atoms with Gasteiger partial charge in [0.1, 0.15) is 0 Å². The van der Waals surface area contributed by atoms with Crippen molar-refractivity contribution in [2.75, 3.05) is 0 Å². The van der Waals surface area contributed by atoms with Crippen LogP contribution in [0.4, 0.5) is 0 Å². The van der Waals surface area contributed by atoms with Crippen molar-refractivity contribution in [1.82, 2.24) is 0 Å². The Balaban J connectivity index is 0.000000720. The Morgan fingerprint density at radius 2 is 1.42 bits per heavy atom. The molecule has 0 N–H and O–H groups in total. The van der Waals surface area contributed by atoms with Crippen LogP contribution in [-0.2, 0) is 0 Å². The maximum atomic E-state index is 5.21. The van der Waals surface area contributed by atoms with E-state index < -0.39 is 20.4 Å². The number of hydrogen-bond donors (Lipinski definition) is 0. The molecule has 0 saturated heterocycles. The summed E-state index contributed by atoms with van der Waals surface area (Å²) in [5.74, 6) is 0. The predicted molar refractivity (Wildman–Crippen MR) is 52.8 cm³/mol. The molecule has 0 aliphatic heterocycles. The van der Waals surface area contributed by atoms with Crippen LogP contribution in [0.2, 0.25) is 0 Å². The molecule has 0 spiro atoms. The Bertz CT molecular complexity index is 269. The highest BCUT2D eigenvalue weighted by atomic mass is 79.9. The maximum absolute atomic E-state index is 5.21. The van der Waals surface area contributed by atoms with E-state index in [1.807, 2.05) is 24.3 Å². The molecule has 0 fully saturated rings. The van der Waals surface area contributed by atoms with Gasteiger partial charge in [-0.2, -0.15) is 0 Å². The van der Waals surface area contributed by atoms with Crippen LogP contribution in [0.1, 0.15) is 0 Å². The fourth-order valence-electron chi connectivity index (χ4n) is 0.998. The lowest BCUT2D eigenvalue weighted by Crippen LogP contribution is -2.23. The van der Waals surface area contributed by atoms with Crippen LogP contribution < -0.4 is 7.78 Å². The molecule has 60 valence electrons. The Kier molecular flexibility index (Phi) is 3.91. The van der Waals surface area contributed by atoms with Gasteiger partial charge in [0, 0.05) is 0 Å². The molecule has 0 aliphatic carbocycles. The molecule has 12 heavy (non-hydrogen) atoms. The Hall–Kier alpha value is -0.194. The predicted octanol–water partition coefficient (Wildman–Crippen LogP) is 1.11. The summed E-state index contributed by atoms with van der Waals surface area (Å²) in [4.78, 5) is 0. The van der Waals surface area contributed by atoms with Gasteiger partial charge in [0.05, 0.1) is 12.5 Å². The molecule has 0 amide bonds. The van der Waals surface area contributed by atoms with Gasteiger partial charge in [-0.1, -0.05) is 12.1 Å². The lowest BCUT2D eigenvalue weighted by molar-refractivity contribution is 0.590. The minimum Gasteiger partial charge on any atom is -0.501 e. The van der Waals surface area contributed by atoms with Gasteiger partial charge in [-0.25, -0.2) is 0 Å². The largest absolute Gasteiger partial charge is 0.564 e. The smallest absolute Gasteiger partial charge is 0.501 e. The van der Waals surface area contributed by atoms with Crippen molar-refractivity contribution in [3.63, 3.8) is 0 Å². The summed E-state index contributed by atoms with van der Waals surface area (Å²) in [7, 11) is 0. The number of rotatable bonds is 2. The fourth-order valence-corrected chi connectivity index (χ4v) is 2.21. The lowest BCUT2D eigenvalue weighted by atomic mass is 10.7. The second-order valence-corrected chi connectivity index (χ2v) is 4.08. The van der Waals surface area contributed by atoms with E-state index in [0.29, 0.717) is 0 Å². The summed E-state index contributed by atoms with van der Waals surface area (Å²) in [6, 6.07) is 7.81. The monoisotopic (exact) mass is 238 g/mol. The normalized spacial score (nSPS) is 8.67. The third kappa shape index (κ3) is 2.40. The maximum Gasteiger partial charge on any atom is 0.564 e. The van der Waals surface area contributed by atoms with E-state index in [-0.39, 0.29) is 17.0 Å². The molecule has 0 bridgehead atoms. The Morgan fingerprint density at radius 3 is 1.75 bits per heavy atom. The lowest BCUT2D eigenvalue weighted by Gasteiger charge is -1.87. The van der Waals surface area contributed by atoms with Crippen LogP contribution in [0.5, 0.6) is 0 Å². The van der Waals surface area contributed by atoms with E-state index in [0.717, 1.165) is 7.78 Å². The van der Waals surface area contributed by atoms with Crippen LogP contribution in [-0.4, -0.2) is 20.4 Å². The SMILES string of the molecule is Br.c1co[c]([Mg][c]2ccco2)c1. The molecular formula is C8H7BrMgO2. The minimum atomic E-state index is -0.483. The molecule has 2 rings (SSSR count). The van der Waals surface area contributed by atoms with Gasteiger partial charge < -0.3 is 8.83 Å². The fraction of sp³-hybridized carbons (Fsp3) is 0. The summed E-state index contributed by atoms with van der Waals surface area (Å²) in [5.41, 5.74) is 0. The molecule has 2 aromatic heterocycles. The molecular weight excluding hydrogens is 232 g/mol. The molecule has 4 heteroatoms. The average molecular weight is 239 g/mol. The van der Waals surface area contributed by atoms with Crippen molar-refractivity contribution in [3.8, 4) is 0 Å². The molecule has 0 radical (unpaired) electrons. The molecule has 2 heterocycles. The van der Waals surface area contributed by atoms with Gasteiger partial charge in [0.2, 0.25) is 0 Å². The van der Waals surface area contributed by atoms with Crippen LogP contribution in [0.15, 0.2) is 45.6 Å². The molecule has 0 aromatic carbocycles. The quantitative estimate of drug-likeness (QED) is 0.734. The Labute approximate surface area is 90.4 Å². The van der Waals surface area contributed by atoms with Crippen LogP contribution >= 0.6 is 17.0 Å². The number of furan rings is 2. The molecule has 2 aromatic rings. The molecule has 0 aliphatic rings. The van der Waals surface area contributed by atoms with Crippen molar-refractivity contribution in [1.29, 1.82) is 0 Å². The topological polar surface area (TPSA) is 26.3 Å². The third-order valence-corrected chi connectivity index (χ3v) is 3.01. The second kappa shape index (κ2) is 4.74. The number of halogens is 1. The zero-order chi connectivity index (χ0) is 7.52. The Morgan fingerprint density at radius 1 is 0.917 bits per heavy atom. The second-order valence-electron chi connectivity index (χ2n) is 2.34. The number of hydrogen-bond acceptors (Lipinski definition) is 2. The standard InChI is InChI=1S/2C4H3O.BrH.Mg/c2*1-2-4-5-3-1;;/h2*1-3H;1H;. The van der Waals surface area contributed by atoms with E-state index in [4.69, 9.17) is 8.83 Å². The molecule has 0 unspecified atom stereocenters. The first-order chi connectivity index (χ1) is 5.45. The minimum absolute atomic E-state index is 0. The van der Waals surface area contributed by atoms with Crippen LogP contribution in [0.25, 0.3) is 0 Å². The zero-order valence-corrected chi connectivity index (χ0v) is 9.52. The van der Waals surface area contributed by atoms with Crippen molar-refractivity contribution >= 4 is 45.1 Å². The average Bonchev–Trinajstić information content (AvgIpc) is 2.60. The van der Waals surface area contributed by atoms with Crippen molar-refractivity contribution in [2.45, 2.75) is 0 Å². The highest BCUT2D eigenvalue weighted by Gasteiger charge is 2.07. The zero-order valence-electron chi connectivity index (χ0n) is 6.40. The van der Waals surface area contributed by atoms with E-state index >= 15 is 0 Å². The van der Waals surface area contributed by atoms with Gasteiger partial charge in [-0.3, -0.25) is 0 Å². The first-order valence-corrected chi connectivity index (χ1v) is 4.91. The first kappa shape index (κ1) is 9.89. The van der Waals surface area contributed by atoms with Crippen molar-refractivity contribution in [2.24, 2.45) is 0 Å².